The molecule has 0 saturated heterocycles. The molecule has 0 aromatic rings. The Bertz CT molecular complexity index is 146. The fourth-order valence-corrected chi connectivity index (χ4v) is 0.249. The molecule has 0 amide bonds. The molecular formula is C8H16O4. The number of carbonyl (C=O) groups excluding carboxylic acids is 1. The van der Waals surface area contributed by atoms with Crippen molar-refractivity contribution >= 4 is 5.97 Å². The molecule has 0 aliphatic rings. The number of hydrogen-bond acceptors (Lipinski definition) is 4. The Morgan fingerprint density at radius 2 is 1.75 bits per heavy atom. The zero-order valence-corrected chi connectivity index (χ0v) is 8.21. The van der Waals surface area contributed by atoms with Crippen molar-refractivity contribution in [2.24, 2.45) is 5.92 Å². The van der Waals surface area contributed by atoms with Crippen molar-refractivity contribution in [1.29, 1.82) is 0 Å². The molecule has 12 heavy (non-hydrogen) atoms. The molecule has 0 aromatic carbocycles. The molecule has 0 saturated carbocycles. The monoisotopic (exact) mass is 176 g/mol. The lowest BCUT2D eigenvalue weighted by Crippen LogP contribution is -2.22. The van der Waals surface area contributed by atoms with Gasteiger partial charge in [-0.25, -0.2) is 4.79 Å². The molecule has 0 heterocycles. The van der Waals surface area contributed by atoms with Crippen LogP contribution in [0.4, 0.5) is 0 Å². The molecule has 0 spiro atoms. The molecule has 0 rings (SSSR count). The molecular weight excluding hydrogens is 160 g/mol. The molecule has 0 N–H and O–H groups in total. The van der Waals surface area contributed by atoms with Crippen LogP contribution in [0, 0.1) is 5.92 Å². The molecule has 4 heteroatoms. The third-order valence-corrected chi connectivity index (χ3v) is 0.872. The Hall–Kier alpha value is -0.610. The summed E-state index contributed by atoms with van der Waals surface area (Å²) in [5.41, 5.74) is -0.475. The molecule has 0 atom stereocenters. The van der Waals surface area contributed by atoms with Crippen LogP contribution in [0.25, 0.3) is 0 Å². The molecule has 0 fully saturated rings. The van der Waals surface area contributed by atoms with E-state index in [0.29, 0.717) is 0 Å². The maximum Gasteiger partial charge on any atom is 0.348 e. The van der Waals surface area contributed by atoms with Crippen LogP contribution in [0.15, 0.2) is 0 Å². The maximum atomic E-state index is 10.8. The molecule has 72 valence electrons. The zero-order valence-electron chi connectivity index (χ0n) is 8.21. The molecule has 0 bridgehead atoms. The first kappa shape index (κ1) is 11.4. The molecule has 0 unspecified atom stereocenters. The van der Waals surface area contributed by atoms with Crippen molar-refractivity contribution < 1.29 is 19.6 Å². The van der Waals surface area contributed by atoms with E-state index >= 15 is 0 Å². The van der Waals surface area contributed by atoms with Gasteiger partial charge in [0.15, 0.2) is 0 Å². The van der Waals surface area contributed by atoms with Crippen molar-refractivity contribution in [3.05, 3.63) is 0 Å². The second kappa shape index (κ2) is 4.42. The standard InChI is InChI=1S/C8H16O4/c1-6(2)7(9)10-12-11-8(3,4)5/h6H,1-5H3. The van der Waals surface area contributed by atoms with Crippen LogP contribution in [0.5, 0.6) is 0 Å². The first-order valence-corrected chi connectivity index (χ1v) is 3.89. The van der Waals surface area contributed by atoms with Gasteiger partial charge in [0.05, 0.1) is 11.5 Å². The first-order chi connectivity index (χ1) is 5.33. The predicted octanol–water partition coefficient (Wildman–Crippen LogP) is 1.85. The second-order valence-corrected chi connectivity index (χ2v) is 3.82. The highest BCUT2D eigenvalue weighted by molar-refractivity contribution is 5.70. The minimum atomic E-state index is -0.475. The van der Waals surface area contributed by atoms with E-state index in [-0.39, 0.29) is 5.92 Å². The van der Waals surface area contributed by atoms with Crippen LogP contribution in [0.2, 0.25) is 0 Å². The summed E-state index contributed by atoms with van der Waals surface area (Å²) in [4.78, 5) is 19.8. The van der Waals surface area contributed by atoms with E-state index in [1.165, 1.54) is 0 Å². The van der Waals surface area contributed by atoms with Crippen LogP contribution in [-0.2, 0) is 19.6 Å². The quantitative estimate of drug-likeness (QED) is 0.486. The van der Waals surface area contributed by atoms with E-state index in [4.69, 9.17) is 4.89 Å². The van der Waals surface area contributed by atoms with Crippen molar-refractivity contribution in [3.63, 3.8) is 0 Å². The average Bonchev–Trinajstić information content (AvgIpc) is 1.84. The summed E-state index contributed by atoms with van der Waals surface area (Å²) >= 11 is 0. The summed E-state index contributed by atoms with van der Waals surface area (Å²) in [7, 11) is 0. The Morgan fingerprint density at radius 3 is 2.08 bits per heavy atom. The van der Waals surface area contributed by atoms with Gasteiger partial charge in [-0.3, -0.25) is 4.89 Å². The number of hydrogen-bond donors (Lipinski definition) is 0. The largest absolute Gasteiger partial charge is 0.348 e. The Morgan fingerprint density at radius 1 is 1.25 bits per heavy atom. The van der Waals surface area contributed by atoms with Gasteiger partial charge in [0, 0.05) is 0 Å². The minimum absolute atomic E-state index is 0.214. The molecule has 0 aromatic heterocycles. The van der Waals surface area contributed by atoms with Crippen LogP contribution >= 0.6 is 0 Å². The van der Waals surface area contributed by atoms with Crippen LogP contribution in [0.1, 0.15) is 34.6 Å². The van der Waals surface area contributed by atoms with Gasteiger partial charge in [0.2, 0.25) is 0 Å². The molecule has 0 aliphatic carbocycles. The SMILES string of the molecule is CC(C)C(=O)OOOC(C)(C)C. The predicted molar refractivity (Wildman–Crippen MR) is 42.9 cm³/mol. The summed E-state index contributed by atoms with van der Waals surface area (Å²) < 4.78 is 0. The summed E-state index contributed by atoms with van der Waals surface area (Å²) in [5.74, 6) is -0.659. The van der Waals surface area contributed by atoms with Gasteiger partial charge in [-0.15, -0.1) is 0 Å². The lowest BCUT2D eigenvalue weighted by atomic mass is 10.2. The highest BCUT2D eigenvalue weighted by Crippen LogP contribution is 2.08. The van der Waals surface area contributed by atoms with Crippen LogP contribution in [-0.4, -0.2) is 11.6 Å². The second-order valence-electron chi connectivity index (χ2n) is 3.82. The van der Waals surface area contributed by atoms with Crippen molar-refractivity contribution in [2.75, 3.05) is 0 Å². The summed E-state index contributed by atoms with van der Waals surface area (Å²) in [6, 6.07) is 0. The highest BCUT2D eigenvalue weighted by atomic mass is 17.5. The maximum absolute atomic E-state index is 10.8. The van der Waals surface area contributed by atoms with Gasteiger partial charge in [-0.05, 0) is 25.8 Å². The van der Waals surface area contributed by atoms with Gasteiger partial charge in [0.25, 0.3) is 0 Å². The average molecular weight is 176 g/mol. The first-order valence-electron chi connectivity index (χ1n) is 3.89. The lowest BCUT2D eigenvalue weighted by molar-refractivity contribution is -0.515. The normalized spacial score (nSPS) is 11.8. The van der Waals surface area contributed by atoms with Crippen LogP contribution in [0.3, 0.4) is 0 Å². The summed E-state index contributed by atoms with van der Waals surface area (Å²) in [5, 5.41) is 4.27. The van der Waals surface area contributed by atoms with Gasteiger partial charge >= 0.3 is 5.97 Å². The van der Waals surface area contributed by atoms with E-state index in [2.05, 4.69) is 9.93 Å². The third-order valence-electron chi connectivity index (χ3n) is 0.872. The van der Waals surface area contributed by atoms with Crippen molar-refractivity contribution in [2.45, 2.75) is 40.2 Å². The van der Waals surface area contributed by atoms with E-state index in [9.17, 15) is 4.79 Å². The van der Waals surface area contributed by atoms with Gasteiger partial charge in [-0.2, -0.15) is 4.89 Å². The Kier molecular flexibility index (Phi) is 4.20. The lowest BCUT2D eigenvalue weighted by Gasteiger charge is -2.15. The number of rotatable bonds is 3. The van der Waals surface area contributed by atoms with Gasteiger partial charge in [-0.1, -0.05) is 13.8 Å². The Balaban J connectivity index is 3.51. The fraction of sp³-hybridized carbons (Fsp3) is 0.875. The van der Waals surface area contributed by atoms with E-state index in [1.54, 1.807) is 34.6 Å². The minimum Gasteiger partial charge on any atom is -0.269 e. The summed E-state index contributed by atoms with van der Waals surface area (Å²) in [6.07, 6.45) is 0. The molecule has 0 aliphatic heterocycles. The van der Waals surface area contributed by atoms with E-state index in [0.717, 1.165) is 0 Å². The fourth-order valence-electron chi connectivity index (χ4n) is 0.249. The molecule has 0 radical (unpaired) electrons. The third kappa shape index (κ3) is 6.12. The zero-order chi connectivity index (χ0) is 9.78. The van der Waals surface area contributed by atoms with Gasteiger partial charge in [0.1, 0.15) is 0 Å². The molecule has 4 nitrogen and oxygen atoms in total. The van der Waals surface area contributed by atoms with Gasteiger partial charge < -0.3 is 0 Å². The Labute approximate surface area is 72.7 Å². The number of carbonyl (C=O) groups is 1. The van der Waals surface area contributed by atoms with E-state index < -0.39 is 11.6 Å². The summed E-state index contributed by atoms with van der Waals surface area (Å²) in [6.45, 7) is 8.79. The van der Waals surface area contributed by atoms with Crippen molar-refractivity contribution in [1.82, 2.24) is 0 Å². The van der Waals surface area contributed by atoms with Crippen LogP contribution < -0.4 is 0 Å². The van der Waals surface area contributed by atoms with Crippen molar-refractivity contribution in [3.8, 4) is 0 Å². The highest BCUT2D eigenvalue weighted by Gasteiger charge is 2.15. The topological polar surface area (TPSA) is 44.8 Å². The smallest absolute Gasteiger partial charge is 0.269 e. The van der Waals surface area contributed by atoms with E-state index in [1.807, 2.05) is 0 Å².